The van der Waals surface area contributed by atoms with Gasteiger partial charge in [-0.1, -0.05) is 17.7 Å². The lowest BCUT2D eigenvalue weighted by atomic mass is 10.1. The van der Waals surface area contributed by atoms with Crippen molar-refractivity contribution in [2.75, 3.05) is 18.8 Å². The van der Waals surface area contributed by atoms with Gasteiger partial charge in [-0.25, -0.2) is 4.79 Å². The van der Waals surface area contributed by atoms with Crippen LogP contribution in [0.2, 0.25) is 0 Å². The molecule has 0 spiro atoms. The van der Waals surface area contributed by atoms with E-state index in [2.05, 4.69) is 34.2 Å². The fraction of sp³-hybridized carbons (Fsp3) is 0.389. The van der Waals surface area contributed by atoms with E-state index in [-0.39, 0.29) is 12.3 Å². The number of benzene rings is 1. The molecule has 0 aliphatic carbocycles. The molecule has 0 saturated heterocycles. The molecular formula is C18H23N3O3S. The van der Waals surface area contributed by atoms with Crippen LogP contribution in [0.1, 0.15) is 23.7 Å². The summed E-state index contributed by atoms with van der Waals surface area (Å²) < 4.78 is 0. The second-order valence-electron chi connectivity index (χ2n) is 5.82. The average Bonchev–Trinajstić information content (AvgIpc) is 2.56. The van der Waals surface area contributed by atoms with Crippen molar-refractivity contribution in [2.45, 2.75) is 32.1 Å². The Morgan fingerprint density at radius 3 is 2.40 bits per heavy atom. The number of hydrogen-bond acceptors (Lipinski definition) is 4. The second-order valence-corrected chi connectivity index (χ2v) is 6.99. The number of H-pyrrole nitrogens is 2. The van der Waals surface area contributed by atoms with Crippen molar-refractivity contribution in [2.24, 2.45) is 0 Å². The molecule has 1 amide bonds. The number of rotatable bonds is 7. The summed E-state index contributed by atoms with van der Waals surface area (Å²) in [5.74, 6) is 0.663. The SMILES string of the molecule is CCN(CCSc1ccc(C)cc1)C(=O)Cc1c(C)[nH]c(=O)[nH]c1=O. The van der Waals surface area contributed by atoms with E-state index in [0.29, 0.717) is 24.3 Å². The molecule has 0 saturated carbocycles. The van der Waals surface area contributed by atoms with Crippen LogP contribution in [0, 0.1) is 13.8 Å². The van der Waals surface area contributed by atoms with Gasteiger partial charge in [0, 0.05) is 35.0 Å². The molecule has 2 N–H and O–H groups in total. The molecule has 2 aromatic rings. The van der Waals surface area contributed by atoms with Gasteiger partial charge in [-0.3, -0.25) is 14.6 Å². The molecule has 0 fully saturated rings. The number of amides is 1. The first-order chi connectivity index (χ1) is 11.9. The number of thioether (sulfide) groups is 1. The van der Waals surface area contributed by atoms with Crippen LogP contribution in [0.25, 0.3) is 0 Å². The molecule has 134 valence electrons. The topological polar surface area (TPSA) is 86.0 Å². The van der Waals surface area contributed by atoms with E-state index < -0.39 is 11.2 Å². The highest BCUT2D eigenvalue weighted by atomic mass is 32.2. The number of hydrogen-bond donors (Lipinski definition) is 2. The maximum absolute atomic E-state index is 12.5. The van der Waals surface area contributed by atoms with Crippen LogP contribution < -0.4 is 11.2 Å². The van der Waals surface area contributed by atoms with Gasteiger partial charge in [0.25, 0.3) is 5.56 Å². The monoisotopic (exact) mass is 361 g/mol. The smallest absolute Gasteiger partial charge is 0.325 e. The fourth-order valence-corrected chi connectivity index (χ4v) is 3.34. The van der Waals surface area contributed by atoms with Crippen LogP contribution in [-0.2, 0) is 11.2 Å². The minimum absolute atomic E-state index is 0.0129. The predicted octanol–water partition coefficient (Wildman–Crippen LogP) is 1.86. The molecule has 0 aliphatic heterocycles. The third-order valence-corrected chi connectivity index (χ3v) is 4.96. The Bertz CT molecular complexity index is 840. The van der Waals surface area contributed by atoms with Gasteiger partial charge in [0.15, 0.2) is 0 Å². The van der Waals surface area contributed by atoms with Crippen LogP contribution >= 0.6 is 11.8 Å². The van der Waals surface area contributed by atoms with Crippen LogP contribution in [0.5, 0.6) is 0 Å². The first kappa shape index (κ1) is 19.1. The zero-order valence-electron chi connectivity index (χ0n) is 14.7. The molecule has 0 atom stereocenters. The lowest BCUT2D eigenvalue weighted by molar-refractivity contribution is -0.130. The number of nitrogens with zero attached hydrogens (tertiary/aromatic N) is 1. The Hall–Kier alpha value is -2.28. The predicted molar refractivity (Wildman–Crippen MR) is 100 cm³/mol. The number of aryl methyl sites for hydroxylation is 2. The van der Waals surface area contributed by atoms with E-state index in [1.165, 1.54) is 10.5 Å². The van der Waals surface area contributed by atoms with Crippen molar-refractivity contribution >= 4 is 17.7 Å². The van der Waals surface area contributed by atoms with Crippen molar-refractivity contribution in [3.63, 3.8) is 0 Å². The number of carbonyl (C=O) groups is 1. The second kappa shape index (κ2) is 8.71. The fourth-order valence-electron chi connectivity index (χ4n) is 2.47. The van der Waals surface area contributed by atoms with Gasteiger partial charge < -0.3 is 9.88 Å². The van der Waals surface area contributed by atoms with Gasteiger partial charge in [0.2, 0.25) is 5.91 Å². The molecule has 0 unspecified atom stereocenters. The Labute approximate surface area is 150 Å². The van der Waals surface area contributed by atoms with Crippen molar-refractivity contribution in [3.05, 3.63) is 61.9 Å². The molecule has 1 heterocycles. The normalized spacial score (nSPS) is 10.7. The summed E-state index contributed by atoms with van der Waals surface area (Å²) in [7, 11) is 0. The molecule has 6 nitrogen and oxygen atoms in total. The molecule has 1 aromatic heterocycles. The largest absolute Gasteiger partial charge is 0.342 e. The zero-order chi connectivity index (χ0) is 18.4. The molecular weight excluding hydrogens is 338 g/mol. The minimum Gasteiger partial charge on any atom is -0.342 e. The molecule has 0 aliphatic rings. The molecule has 25 heavy (non-hydrogen) atoms. The van der Waals surface area contributed by atoms with Crippen molar-refractivity contribution in [1.82, 2.24) is 14.9 Å². The van der Waals surface area contributed by atoms with Gasteiger partial charge >= 0.3 is 5.69 Å². The van der Waals surface area contributed by atoms with Crippen LogP contribution in [0.15, 0.2) is 38.8 Å². The Morgan fingerprint density at radius 1 is 1.12 bits per heavy atom. The van der Waals surface area contributed by atoms with Crippen molar-refractivity contribution in [1.29, 1.82) is 0 Å². The summed E-state index contributed by atoms with van der Waals surface area (Å²) in [6.45, 7) is 6.77. The van der Waals surface area contributed by atoms with E-state index in [1.807, 2.05) is 13.8 Å². The minimum atomic E-state index is -0.555. The highest BCUT2D eigenvalue weighted by Gasteiger charge is 2.16. The van der Waals surface area contributed by atoms with E-state index in [0.717, 1.165) is 5.75 Å². The summed E-state index contributed by atoms with van der Waals surface area (Å²) in [4.78, 5) is 43.2. The molecule has 7 heteroatoms. The maximum atomic E-state index is 12.5. The quantitative estimate of drug-likeness (QED) is 0.737. The van der Waals surface area contributed by atoms with Gasteiger partial charge in [0.1, 0.15) is 0 Å². The molecule has 0 bridgehead atoms. The average molecular weight is 361 g/mol. The highest BCUT2D eigenvalue weighted by Crippen LogP contribution is 2.18. The molecule has 0 radical (unpaired) electrons. The van der Waals surface area contributed by atoms with E-state index >= 15 is 0 Å². The number of aromatic amines is 2. The van der Waals surface area contributed by atoms with Crippen molar-refractivity contribution in [3.8, 4) is 0 Å². The summed E-state index contributed by atoms with van der Waals surface area (Å²) >= 11 is 1.70. The number of carbonyl (C=O) groups excluding carboxylic acids is 1. The van der Waals surface area contributed by atoms with Gasteiger partial charge in [-0.2, -0.15) is 0 Å². The third-order valence-electron chi connectivity index (χ3n) is 3.97. The number of nitrogens with one attached hydrogen (secondary N) is 2. The lowest BCUT2D eigenvalue weighted by Crippen LogP contribution is -2.36. The third kappa shape index (κ3) is 5.35. The van der Waals surface area contributed by atoms with Crippen molar-refractivity contribution < 1.29 is 4.79 Å². The van der Waals surface area contributed by atoms with Gasteiger partial charge in [0.05, 0.1) is 6.42 Å². The lowest BCUT2D eigenvalue weighted by Gasteiger charge is -2.21. The van der Waals surface area contributed by atoms with Gasteiger partial charge in [-0.05, 0) is 32.9 Å². The highest BCUT2D eigenvalue weighted by molar-refractivity contribution is 7.99. The Balaban J connectivity index is 1.95. The van der Waals surface area contributed by atoms with E-state index in [9.17, 15) is 14.4 Å². The Kier molecular flexibility index (Phi) is 6.64. The van der Waals surface area contributed by atoms with E-state index in [4.69, 9.17) is 0 Å². The number of aromatic nitrogens is 2. The molecule has 1 aromatic carbocycles. The van der Waals surface area contributed by atoms with Crippen LogP contribution in [0.4, 0.5) is 0 Å². The first-order valence-corrected chi connectivity index (χ1v) is 9.18. The Morgan fingerprint density at radius 2 is 1.80 bits per heavy atom. The summed E-state index contributed by atoms with van der Waals surface area (Å²) in [5, 5.41) is 0. The van der Waals surface area contributed by atoms with Crippen LogP contribution in [-0.4, -0.2) is 39.6 Å². The van der Waals surface area contributed by atoms with E-state index in [1.54, 1.807) is 23.6 Å². The maximum Gasteiger partial charge on any atom is 0.325 e. The summed E-state index contributed by atoms with van der Waals surface area (Å²) in [5.41, 5.74) is 0.915. The molecule has 2 rings (SSSR count). The first-order valence-electron chi connectivity index (χ1n) is 8.20. The zero-order valence-corrected chi connectivity index (χ0v) is 15.5. The number of likely N-dealkylation sites (N-methyl/N-ethyl adjacent to an activating group) is 1. The van der Waals surface area contributed by atoms with Gasteiger partial charge in [-0.15, -0.1) is 11.8 Å². The summed E-state index contributed by atoms with van der Waals surface area (Å²) in [6, 6.07) is 8.27. The van der Waals surface area contributed by atoms with Crippen LogP contribution in [0.3, 0.4) is 0 Å². The summed E-state index contributed by atoms with van der Waals surface area (Å²) in [6.07, 6.45) is -0.0129. The standard InChI is InChI=1S/C18H23N3O3S/c1-4-21(9-10-25-14-7-5-12(2)6-8-14)16(22)11-15-13(3)19-18(24)20-17(15)23/h5-8H,4,9-11H2,1-3H3,(H2,19,20,23,24).